The van der Waals surface area contributed by atoms with Crippen LogP contribution in [0.1, 0.15) is 35.8 Å². The minimum atomic E-state index is 0.620. The molecule has 0 bridgehead atoms. The Kier molecular flexibility index (Phi) is 4.36. The van der Waals surface area contributed by atoms with E-state index < -0.39 is 0 Å². The summed E-state index contributed by atoms with van der Waals surface area (Å²) in [6.45, 7) is 2.40. The average molecular weight is 255 g/mol. The van der Waals surface area contributed by atoms with Crippen LogP contribution in [0.3, 0.4) is 0 Å². The van der Waals surface area contributed by atoms with Crippen molar-refractivity contribution in [3.8, 4) is 0 Å². The number of aromatic nitrogens is 1. The van der Waals surface area contributed by atoms with Crippen molar-refractivity contribution in [1.29, 1.82) is 0 Å². The average Bonchev–Trinajstić information content (AvgIpc) is 3.08. The van der Waals surface area contributed by atoms with Crippen molar-refractivity contribution in [2.75, 3.05) is 32.2 Å². The number of nitrogens with two attached hydrogens (primary N) is 1. The van der Waals surface area contributed by atoms with E-state index in [0.717, 1.165) is 24.7 Å². The first kappa shape index (κ1) is 12.8. The molecule has 1 aliphatic carbocycles. The third-order valence-corrected chi connectivity index (χ3v) is 4.24. The summed E-state index contributed by atoms with van der Waals surface area (Å²) >= 11 is 1.74. The number of hydrogen-bond acceptors (Lipinski definition) is 5. The van der Waals surface area contributed by atoms with Crippen LogP contribution in [-0.4, -0.2) is 32.3 Å². The van der Waals surface area contributed by atoms with E-state index in [0.29, 0.717) is 12.5 Å². The van der Waals surface area contributed by atoms with Crippen LogP contribution in [-0.2, 0) is 11.3 Å². The highest BCUT2D eigenvalue weighted by Crippen LogP contribution is 2.43. The summed E-state index contributed by atoms with van der Waals surface area (Å²) in [5.41, 5.74) is 7.04. The van der Waals surface area contributed by atoms with Crippen LogP contribution in [0.5, 0.6) is 0 Å². The van der Waals surface area contributed by atoms with Gasteiger partial charge in [0.05, 0.1) is 5.69 Å². The van der Waals surface area contributed by atoms with E-state index in [9.17, 15) is 0 Å². The van der Waals surface area contributed by atoms with Crippen molar-refractivity contribution in [1.82, 2.24) is 4.98 Å². The van der Waals surface area contributed by atoms with Crippen LogP contribution in [0.15, 0.2) is 0 Å². The Balaban J connectivity index is 1.99. The van der Waals surface area contributed by atoms with Gasteiger partial charge in [-0.1, -0.05) is 0 Å². The molecule has 17 heavy (non-hydrogen) atoms. The lowest BCUT2D eigenvalue weighted by molar-refractivity contribution is 0.196. The fourth-order valence-corrected chi connectivity index (χ4v) is 2.89. The Morgan fingerprint density at radius 2 is 2.29 bits per heavy atom. The van der Waals surface area contributed by atoms with Crippen molar-refractivity contribution in [2.24, 2.45) is 5.73 Å². The number of rotatable bonds is 7. The normalized spacial score (nSPS) is 15.2. The maximum Gasteiger partial charge on any atom is 0.185 e. The van der Waals surface area contributed by atoms with Gasteiger partial charge in [-0.3, -0.25) is 0 Å². The quantitative estimate of drug-likeness (QED) is 0.757. The molecule has 0 saturated heterocycles. The lowest BCUT2D eigenvalue weighted by Crippen LogP contribution is -2.19. The van der Waals surface area contributed by atoms with Gasteiger partial charge in [-0.2, -0.15) is 0 Å². The Morgan fingerprint density at radius 1 is 1.53 bits per heavy atom. The molecular weight excluding hydrogens is 234 g/mol. The topological polar surface area (TPSA) is 51.4 Å². The van der Waals surface area contributed by atoms with E-state index in [1.807, 2.05) is 0 Å². The third kappa shape index (κ3) is 3.18. The zero-order valence-corrected chi connectivity index (χ0v) is 11.4. The molecule has 2 rings (SSSR count). The first-order valence-corrected chi connectivity index (χ1v) is 6.97. The van der Waals surface area contributed by atoms with Crippen LogP contribution in [0, 0.1) is 0 Å². The molecule has 1 aliphatic rings. The molecule has 1 heterocycles. The molecule has 1 fully saturated rings. The van der Waals surface area contributed by atoms with Crippen LogP contribution in [0.4, 0.5) is 5.13 Å². The molecule has 0 radical (unpaired) electrons. The number of anilines is 1. The number of hydrogen-bond donors (Lipinski definition) is 1. The second-order valence-corrected chi connectivity index (χ2v) is 5.61. The Bertz CT molecular complexity index is 363. The van der Waals surface area contributed by atoms with Gasteiger partial charge in [0.25, 0.3) is 0 Å². The summed E-state index contributed by atoms with van der Waals surface area (Å²) < 4.78 is 5.06. The van der Waals surface area contributed by atoms with E-state index in [1.165, 1.54) is 23.4 Å². The largest absolute Gasteiger partial charge is 0.385 e. The third-order valence-electron chi connectivity index (χ3n) is 3.03. The van der Waals surface area contributed by atoms with Crippen molar-refractivity contribution < 1.29 is 4.74 Å². The van der Waals surface area contributed by atoms with Gasteiger partial charge in [0.15, 0.2) is 5.13 Å². The van der Waals surface area contributed by atoms with Gasteiger partial charge in [-0.05, 0) is 19.3 Å². The number of nitrogens with zero attached hydrogens (tertiary/aromatic N) is 2. The molecule has 0 unspecified atom stereocenters. The first-order valence-electron chi connectivity index (χ1n) is 6.16. The molecule has 1 saturated carbocycles. The summed E-state index contributed by atoms with van der Waals surface area (Å²) in [5.74, 6) is 0.686. The van der Waals surface area contributed by atoms with Crippen molar-refractivity contribution in [2.45, 2.75) is 31.7 Å². The first-order chi connectivity index (χ1) is 8.26. The van der Waals surface area contributed by atoms with Crippen LogP contribution in [0.2, 0.25) is 0 Å². The highest BCUT2D eigenvalue weighted by atomic mass is 32.1. The van der Waals surface area contributed by atoms with Crippen molar-refractivity contribution in [3.63, 3.8) is 0 Å². The maximum atomic E-state index is 5.78. The van der Waals surface area contributed by atoms with Crippen LogP contribution in [0.25, 0.3) is 0 Å². The lowest BCUT2D eigenvalue weighted by Gasteiger charge is -2.14. The Hall–Kier alpha value is -0.650. The maximum absolute atomic E-state index is 5.78. The Labute approximate surface area is 107 Å². The number of methoxy groups -OCH3 is 1. The SMILES string of the molecule is COCCCN(C)c1nc(C2CC2)c(CN)s1. The van der Waals surface area contributed by atoms with Gasteiger partial charge in [0, 0.05) is 44.6 Å². The number of thiazole rings is 1. The molecule has 96 valence electrons. The molecule has 4 nitrogen and oxygen atoms in total. The van der Waals surface area contributed by atoms with Gasteiger partial charge in [-0.15, -0.1) is 11.3 Å². The van der Waals surface area contributed by atoms with Crippen LogP contribution >= 0.6 is 11.3 Å². The summed E-state index contributed by atoms with van der Waals surface area (Å²) in [4.78, 5) is 8.21. The second-order valence-electron chi connectivity index (χ2n) is 4.55. The van der Waals surface area contributed by atoms with Gasteiger partial charge < -0.3 is 15.4 Å². The predicted octanol–water partition coefficient (Wildman–Crippen LogP) is 1.95. The molecule has 0 spiro atoms. The molecule has 1 aromatic rings. The fourth-order valence-electron chi connectivity index (χ4n) is 1.88. The summed E-state index contributed by atoms with van der Waals surface area (Å²) in [7, 11) is 3.83. The van der Waals surface area contributed by atoms with E-state index >= 15 is 0 Å². The van der Waals surface area contributed by atoms with E-state index in [2.05, 4.69) is 11.9 Å². The van der Waals surface area contributed by atoms with E-state index in [4.69, 9.17) is 15.5 Å². The summed E-state index contributed by atoms with van der Waals surface area (Å²) in [6.07, 6.45) is 3.59. The molecule has 0 aliphatic heterocycles. The molecule has 0 amide bonds. The van der Waals surface area contributed by atoms with E-state index in [-0.39, 0.29) is 0 Å². The van der Waals surface area contributed by atoms with Gasteiger partial charge >= 0.3 is 0 Å². The minimum Gasteiger partial charge on any atom is -0.385 e. The van der Waals surface area contributed by atoms with Gasteiger partial charge in [0.2, 0.25) is 0 Å². The summed E-state index contributed by atoms with van der Waals surface area (Å²) in [5, 5.41) is 1.10. The van der Waals surface area contributed by atoms with Gasteiger partial charge in [-0.25, -0.2) is 4.98 Å². The lowest BCUT2D eigenvalue weighted by atomic mass is 10.2. The zero-order chi connectivity index (χ0) is 12.3. The van der Waals surface area contributed by atoms with Crippen molar-refractivity contribution in [3.05, 3.63) is 10.6 Å². The molecule has 1 aromatic heterocycles. The fraction of sp³-hybridized carbons (Fsp3) is 0.750. The Morgan fingerprint density at radius 3 is 2.88 bits per heavy atom. The monoisotopic (exact) mass is 255 g/mol. The van der Waals surface area contributed by atoms with Crippen LogP contribution < -0.4 is 10.6 Å². The molecule has 0 aromatic carbocycles. The van der Waals surface area contributed by atoms with Crippen molar-refractivity contribution >= 4 is 16.5 Å². The molecular formula is C12H21N3OS. The standard InChI is InChI=1S/C12H21N3OS/c1-15(6-3-7-16-2)12-14-11(9-4-5-9)10(8-13)17-12/h9H,3-8,13H2,1-2H3. The molecule has 2 N–H and O–H groups in total. The highest BCUT2D eigenvalue weighted by molar-refractivity contribution is 7.15. The highest BCUT2D eigenvalue weighted by Gasteiger charge is 2.29. The van der Waals surface area contributed by atoms with E-state index in [1.54, 1.807) is 18.4 Å². The zero-order valence-electron chi connectivity index (χ0n) is 10.6. The van der Waals surface area contributed by atoms with Gasteiger partial charge in [0.1, 0.15) is 0 Å². The minimum absolute atomic E-state index is 0.620. The summed E-state index contributed by atoms with van der Waals surface area (Å²) in [6, 6.07) is 0. The molecule has 0 atom stereocenters. The second kappa shape index (κ2) is 5.80. The smallest absolute Gasteiger partial charge is 0.185 e. The predicted molar refractivity (Wildman–Crippen MR) is 71.7 cm³/mol. The molecule has 5 heteroatoms. The number of ether oxygens (including phenoxy) is 1.